The molecule has 4 heteroatoms. The van der Waals surface area contributed by atoms with E-state index in [0.29, 0.717) is 17.5 Å². The molecule has 3 aliphatic rings. The molecule has 13 rings (SSSR count). The predicted molar refractivity (Wildman–Crippen MR) is 286 cm³/mol. The molecule has 0 amide bonds. The third kappa shape index (κ3) is 6.66. The number of rotatable bonds is 7. The third-order valence-electron chi connectivity index (χ3n) is 15.0. The number of fused-ring (bicyclic) bond motifs is 8. The molecule has 1 spiro atoms. The van der Waals surface area contributed by atoms with Crippen molar-refractivity contribution in [2.24, 2.45) is 0 Å². The van der Waals surface area contributed by atoms with Gasteiger partial charge in [0.15, 0.2) is 17.5 Å². The Labute approximate surface area is 409 Å². The van der Waals surface area contributed by atoms with Crippen molar-refractivity contribution in [2.45, 2.75) is 37.5 Å². The van der Waals surface area contributed by atoms with Crippen LogP contribution in [-0.2, 0) is 10.8 Å². The van der Waals surface area contributed by atoms with Crippen molar-refractivity contribution in [3.8, 4) is 67.8 Å². The first-order valence-corrected chi connectivity index (χ1v) is 24.3. The highest BCUT2D eigenvalue weighted by Gasteiger charge is 2.55. The van der Waals surface area contributed by atoms with E-state index in [1.165, 1.54) is 61.2 Å². The highest BCUT2D eigenvalue weighted by molar-refractivity contribution is 6.01. The molecule has 0 aliphatic heterocycles. The molecule has 2 aromatic heterocycles. The van der Waals surface area contributed by atoms with Gasteiger partial charge in [-0.05, 0) is 91.8 Å². The lowest BCUT2D eigenvalue weighted by Crippen LogP contribution is -2.41. The normalized spacial score (nSPS) is 14.9. The zero-order valence-corrected chi connectivity index (χ0v) is 39.1. The monoisotopic (exact) mass is 896 g/mol. The fourth-order valence-corrected chi connectivity index (χ4v) is 11.7. The second-order valence-electron chi connectivity index (χ2n) is 19.2. The molecular weight excluding hydrogens is 849 g/mol. The molecule has 0 saturated heterocycles. The SMILES string of the molecule is CC1(C)c2ccccc2C2(C3=C(C=C(c4cc(-c5ccccc5)nc(-c5ccccc5)c4)CC3)c3c(-c4nc(-c5ccccc5)nc(-c5ccc(-c6ccccc6)cc5)n4)cccc32)c2ccccc21. The maximum Gasteiger partial charge on any atom is 0.164 e. The highest BCUT2D eigenvalue weighted by atomic mass is 15.0. The van der Waals surface area contributed by atoms with Gasteiger partial charge in [0, 0.05) is 33.2 Å². The van der Waals surface area contributed by atoms with Crippen molar-refractivity contribution in [1.29, 1.82) is 0 Å². The predicted octanol–water partition coefficient (Wildman–Crippen LogP) is 15.9. The number of allylic oxidation sites excluding steroid dienone is 4. The highest BCUT2D eigenvalue weighted by Crippen LogP contribution is 2.64. The quantitative estimate of drug-likeness (QED) is 0.160. The number of nitrogens with zero attached hydrogens (tertiary/aromatic N) is 4. The summed E-state index contributed by atoms with van der Waals surface area (Å²) in [6.45, 7) is 4.78. The first-order chi connectivity index (χ1) is 34.4. The van der Waals surface area contributed by atoms with Crippen molar-refractivity contribution >= 4 is 11.1 Å². The summed E-state index contributed by atoms with van der Waals surface area (Å²) < 4.78 is 0. The van der Waals surface area contributed by atoms with Gasteiger partial charge in [0.05, 0.1) is 16.8 Å². The lowest BCUT2D eigenvalue weighted by atomic mass is 9.54. The van der Waals surface area contributed by atoms with Crippen LogP contribution in [0.3, 0.4) is 0 Å². The van der Waals surface area contributed by atoms with E-state index in [1.807, 2.05) is 18.2 Å². The van der Waals surface area contributed by atoms with Crippen molar-refractivity contribution < 1.29 is 0 Å². The average molecular weight is 897 g/mol. The smallest absolute Gasteiger partial charge is 0.164 e. The molecule has 3 aliphatic carbocycles. The second-order valence-corrected chi connectivity index (χ2v) is 19.2. The Morgan fingerprint density at radius 2 is 0.771 bits per heavy atom. The van der Waals surface area contributed by atoms with E-state index in [-0.39, 0.29) is 5.41 Å². The number of hydrogen-bond donors (Lipinski definition) is 0. The molecule has 0 bridgehead atoms. The van der Waals surface area contributed by atoms with E-state index in [1.54, 1.807) is 0 Å². The van der Waals surface area contributed by atoms with E-state index in [0.717, 1.165) is 57.6 Å². The van der Waals surface area contributed by atoms with Gasteiger partial charge in [0.1, 0.15) is 0 Å². The molecule has 332 valence electrons. The van der Waals surface area contributed by atoms with Crippen LogP contribution >= 0.6 is 0 Å². The lowest BCUT2D eigenvalue weighted by Gasteiger charge is -2.48. The van der Waals surface area contributed by atoms with E-state index in [2.05, 4.69) is 226 Å². The van der Waals surface area contributed by atoms with E-state index in [9.17, 15) is 0 Å². The fourth-order valence-electron chi connectivity index (χ4n) is 11.7. The maximum absolute atomic E-state index is 5.46. The van der Waals surface area contributed by atoms with E-state index in [4.69, 9.17) is 19.9 Å². The summed E-state index contributed by atoms with van der Waals surface area (Å²) in [5.41, 5.74) is 21.5. The summed E-state index contributed by atoms with van der Waals surface area (Å²) in [6, 6.07) is 80.4. The second kappa shape index (κ2) is 16.6. The largest absolute Gasteiger partial charge is 0.248 e. The van der Waals surface area contributed by atoms with Gasteiger partial charge in [0.2, 0.25) is 0 Å². The van der Waals surface area contributed by atoms with Crippen molar-refractivity contribution in [2.75, 3.05) is 0 Å². The fraction of sp³-hybridized carbons (Fsp3) is 0.0909. The molecule has 0 saturated carbocycles. The van der Waals surface area contributed by atoms with E-state index < -0.39 is 5.41 Å². The van der Waals surface area contributed by atoms with E-state index >= 15 is 0 Å². The van der Waals surface area contributed by atoms with Crippen molar-refractivity contribution in [3.05, 3.63) is 275 Å². The Balaban J connectivity index is 1.07. The van der Waals surface area contributed by atoms with Gasteiger partial charge in [-0.2, -0.15) is 0 Å². The van der Waals surface area contributed by atoms with Gasteiger partial charge in [-0.15, -0.1) is 0 Å². The molecule has 4 nitrogen and oxygen atoms in total. The summed E-state index contributed by atoms with van der Waals surface area (Å²) in [5, 5.41) is 0. The molecule has 70 heavy (non-hydrogen) atoms. The maximum atomic E-state index is 5.46. The topological polar surface area (TPSA) is 51.6 Å². The molecule has 0 N–H and O–H groups in total. The molecule has 8 aromatic carbocycles. The van der Waals surface area contributed by atoms with Crippen LogP contribution in [0.5, 0.6) is 0 Å². The van der Waals surface area contributed by atoms with Gasteiger partial charge < -0.3 is 0 Å². The van der Waals surface area contributed by atoms with Crippen LogP contribution in [0.25, 0.3) is 79.0 Å². The van der Waals surface area contributed by atoms with Crippen LogP contribution in [0.15, 0.2) is 236 Å². The minimum atomic E-state index is -0.542. The van der Waals surface area contributed by atoms with Gasteiger partial charge in [-0.1, -0.05) is 232 Å². The standard InChI is InChI=1S/C66H48N4/c1-65(2)54-29-15-17-31-56(54)66(57-32-18-16-30-55(57)65)53-39-38-49(50-41-59(45-22-9-4-10-23-45)67-60(42-50)46-24-11-5-12-25-46)40-52(53)61-51(28-19-33-58(61)66)64-69-62(47-26-13-6-14-27-47)68-63(70-64)48-36-34-44(35-37-48)43-20-7-3-8-21-43/h3-37,40-42H,38-39H2,1-2H3. The van der Waals surface area contributed by atoms with Gasteiger partial charge in [0.25, 0.3) is 0 Å². The lowest BCUT2D eigenvalue weighted by molar-refractivity contribution is 0.550. The molecule has 0 unspecified atom stereocenters. The molecular formula is C66H48N4. The molecule has 0 atom stereocenters. The summed E-state index contributed by atoms with van der Waals surface area (Å²) in [6.07, 6.45) is 4.24. The number of hydrogen-bond acceptors (Lipinski definition) is 4. The van der Waals surface area contributed by atoms with Crippen LogP contribution in [0.1, 0.15) is 65.6 Å². The van der Waals surface area contributed by atoms with Crippen molar-refractivity contribution in [1.82, 2.24) is 19.9 Å². The van der Waals surface area contributed by atoms with Gasteiger partial charge in [-0.25, -0.2) is 19.9 Å². The number of pyridine rings is 1. The summed E-state index contributed by atoms with van der Waals surface area (Å²) in [5.74, 6) is 1.93. The van der Waals surface area contributed by atoms with Crippen LogP contribution in [0.2, 0.25) is 0 Å². The first kappa shape index (κ1) is 41.6. The number of benzene rings is 8. The van der Waals surface area contributed by atoms with Crippen molar-refractivity contribution in [3.63, 3.8) is 0 Å². The molecule has 0 fully saturated rings. The molecule has 10 aromatic rings. The minimum Gasteiger partial charge on any atom is -0.248 e. The first-order valence-electron chi connectivity index (χ1n) is 24.3. The number of aromatic nitrogens is 4. The molecule has 0 radical (unpaired) electrons. The summed E-state index contributed by atoms with van der Waals surface area (Å²) in [4.78, 5) is 21.4. The molecule has 2 heterocycles. The summed E-state index contributed by atoms with van der Waals surface area (Å²) in [7, 11) is 0. The average Bonchev–Trinajstić information content (AvgIpc) is 3.74. The minimum absolute atomic E-state index is 0.211. The third-order valence-corrected chi connectivity index (χ3v) is 15.0. The Hall–Kier alpha value is -8.60. The van der Waals surface area contributed by atoms with Gasteiger partial charge >= 0.3 is 0 Å². The Kier molecular flexibility index (Phi) is 9.84. The Bertz CT molecular complexity index is 3600. The van der Waals surface area contributed by atoms with Gasteiger partial charge in [-0.3, -0.25) is 0 Å². The Morgan fingerprint density at radius 3 is 1.33 bits per heavy atom. The van der Waals surface area contributed by atoms with Crippen LogP contribution in [0, 0.1) is 0 Å². The Morgan fingerprint density at radius 1 is 0.343 bits per heavy atom. The summed E-state index contributed by atoms with van der Waals surface area (Å²) >= 11 is 0. The zero-order chi connectivity index (χ0) is 46.8. The van der Waals surface area contributed by atoms with Crippen LogP contribution < -0.4 is 0 Å². The van der Waals surface area contributed by atoms with Crippen LogP contribution in [-0.4, -0.2) is 19.9 Å². The zero-order valence-electron chi connectivity index (χ0n) is 39.1. The van der Waals surface area contributed by atoms with Crippen LogP contribution in [0.4, 0.5) is 0 Å².